The molecule has 11 aromatic rings. The summed E-state index contributed by atoms with van der Waals surface area (Å²) in [5.74, 6) is 0. The van der Waals surface area contributed by atoms with Crippen molar-refractivity contribution < 1.29 is 0 Å². The summed E-state index contributed by atoms with van der Waals surface area (Å²) in [6.07, 6.45) is 0. The van der Waals surface area contributed by atoms with Crippen molar-refractivity contribution >= 4 is 86.7 Å². The van der Waals surface area contributed by atoms with E-state index in [2.05, 4.69) is 179 Å². The molecule has 9 aromatic carbocycles. The van der Waals surface area contributed by atoms with Crippen LogP contribution in [0.15, 0.2) is 170 Å². The number of nitrogens with zero attached hydrogens (tertiary/aromatic N) is 2. The maximum Gasteiger partial charge on any atom is 0.0632 e. The first kappa shape index (κ1) is 25.8. The van der Waals surface area contributed by atoms with Crippen molar-refractivity contribution in [3.63, 3.8) is 0 Å². The molecular weight excluding hydrogens is 581 g/mol. The predicted molar refractivity (Wildman–Crippen MR) is 205 cm³/mol. The molecule has 0 N–H and O–H groups in total. The molecule has 0 saturated carbocycles. The van der Waals surface area contributed by atoms with Gasteiger partial charge in [0.2, 0.25) is 0 Å². The Labute approximate surface area is 276 Å². The lowest BCUT2D eigenvalue weighted by molar-refractivity contribution is 1.17. The van der Waals surface area contributed by atoms with Crippen LogP contribution >= 0.6 is 0 Å². The van der Waals surface area contributed by atoms with E-state index in [0.29, 0.717) is 0 Å². The Balaban J connectivity index is 1.39. The monoisotopic (exact) mass is 608 g/mol. The summed E-state index contributed by atoms with van der Waals surface area (Å²) >= 11 is 0. The maximum absolute atomic E-state index is 2.54. The lowest BCUT2D eigenvalue weighted by Crippen LogP contribution is -1.97. The first-order valence-corrected chi connectivity index (χ1v) is 16.6. The molecule has 0 aliphatic heterocycles. The van der Waals surface area contributed by atoms with E-state index in [4.69, 9.17) is 0 Å². The summed E-state index contributed by atoms with van der Waals surface area (Å²) in [4.78, 5) is 0. The van der Waals surface area contributed by atoms with Gasteiger partial charge in [0, 0.05) is 43.7 Å². The average Bonchev–Trinajstić information content (AvgIpc) is 3.68. The first-order chi connectivity index (χ1) is 23.9. The van der Waals surface area contributed by atoms with E-state index in [1.54, 1.807) is 0 Å². The molecular formula is C46H28N2. The fourth-order valence-corrected chi connectivity index (χ4v) is 8.56. The van der Waals surface area contributed by atoms with Crippen molar-refractivity contribution in [3.05, 3.63) is 170 Å². The van der Waals surface area contributed by atoms with Gasteiger partial charge in [-0.3, -0.25) is 0 Å². The normalized spacial score (nSPS) is 12.2. The Bertz CT molecular complexity index is 3100. The van der Waals surface area contributed by atoms with Crippen LogP contribution < -0.4 is 0 Å². The standard InChI is InChI=1S/C46H28N2/c1-2-14-29(15-3-1)47-40-24-12-10-18-33(40)39-28-30(26-27-42(39)47)48-41-25-13-11-23-38(41)44-37-22-9-8-21-36(37)43-34-19-6-4-16-31(34)32-17-5-7-20-35(32)45(43)46(44)48/h1-28H. The number of hydrogen-bond donors (Lipinski definition) is 0. The van der Waals surface area contributed by atoms with Gasteiger partial charge in [-0.25, -0.2) is 0 Å². The lowest BCUT2D eigenvalue weighted by Gasteiger charge is -2.17. The molecule has 48 heavy (non-hydrogen) atoms. The Hall–Kier alpha value is -6.38. The summed E-state index contributed by atoms with van der Waals surface area (Å²) in [5.41, 5.74) is 7.24. The number of rotatable bonds is 2. The van der Waals surface area contributed by atoms with Gasteiger partial charge in [0.05, 0.1) is 22.1 Å². The van der Waals surface area contributed by atoms with E-state index in [-0.39, 0.29) is 0 Å². The number of hydrogen-bond acceptors (Lipinski definition) is 0. The highest BCUT2D eigenvalue weighted by Gasteiger charge is 2.23. The average molecular weight is 609 g/mol. The molecule has 2 aromatic heterocycles. The van der Waals surface area contributed by atoms with Crippen molar-refractivity contribution in [2.75, 3.05) is 0 Å². The second kappa shape index (κ2) is 9.57. The Kier molecular flexibility index (Phi) is 5.14. The van der Waals surface area contributed by atoms with Crippen LogP contribution in [-0.4, -0.2) is 9.13 Å². The first-order valence-electron chi connectivity index (χ1n) is 16.6. The Morgan fingerprint density at radius 2 is 0.708 bits per heavy atom. The molecule has 2 heteroatoms. The van der Waals surface area contributed by atoms with Crippen LogP contribution in [0.2, 0.25) is 0 Å². The van der Waals surface area contributed by atoms with Crippen LogP contribution in [-0.2, 0) is 0 Å². The van der Waals surface area contributed by atoms with Gasteiger partial charge in [-0.05, 0) is 74.8 Å². The van der Waals surface area contributed by atoms with Gasteiger partial charge in [-0.2, -0.15) is 0 Å². The predicted octanol–water partition coefficient (Wildman–Crippen LogP) is 12.5. The number of fused-ring (bicyclic) bond motifs is 16. The molecule has 0 aliphatic rings. The molecule has 222 valence electrons. The summed E-state index contributed by atoms with van der Waals surface area (Å²) in [7, 11) is 0. The molecule has 0 spiro atoms. The zero-order chi connectivity index (χ0) is 31.3. The van der Waals surface area contributed by atoms with Gasteiger partial charge >= 0.3 is 0 Å². The van der Waals surface area contributed by atoms with Gasteiger partial charge in [-0.1, -0.05) is 127 Å². The Morgan fingerprint density at radius 3 is 1.38 bits per heavy atom. The highest BCUT2D eigenvalue weighted by atomic mass is 15.0. The summed E-state index contributed by atoms with van der Waals surface area (Å²) in [6.45, 7) is 0. The molecule has 0 amide bonds. The molecule has 11 rings (SSSR count). The smallest absolute Gasteiger partial charge is 0.0632 e. The number of para-hydroxylation sites is 3. The quantitative estimate of drug-likeness (QED) is 0.173. The van der Waals surface area contributed by atoms with E-state index < -0.39 is 0 Å². The van der Waals surface area contributed by atoms with Crippen molar-refractivity contribution in [3.8, 4) is 11.4 Å². The van der Waals surface area contributed by atoms with E-state index >= 15 is 0 Å². The molecule has 0 radical (unpaired) electrons. The third kappa shape index (κ3) is 3.31. The summed E-state index contributed by atoms with van der Waals surface area (Å²) < 4.78 is 4.93. The van der Waals surface area contributed by atoms with Crippen LogP contribution in [0.1, 0.15) is 0 Å². The van der Waals surface area contributed by atoms with Crippen LogP contribution in [0.5, 0.6) is 0 Å². The highest BCUT2D eigenvalue weighted by Crippen LogP contribution is 2.48. The summed E-state index contributed by atoms with van der Waals surface area (Å²) in [5, 5.41) is 15.5. The molecule has 0 bridgehead atoms. The zero-order valence-corrected chi connectivity index (χ0v) is 26.1. The van der Waals surface area contributed by atoms with E-state index in [1.165, 1.54) is 98.1 Å². The molecule has 0 saturated heterocycles. The highest BCUT2D eigenvalue weighted by molar-refractivity contribution is 6.42. The van der Waals surface area contributed by atoms with Gasteiger partial charge in [0.1, 0.15) is 0 Å². The minimum absolute atomic E-state index is 1.17. The van der Waals surface area contributed by atoms with Gasteiger partial charge < -0.3 is 9.13 Å². The van der Waals surface area contributed by atoms with Gasteiger partial charge in [0.15, 0.2) is 0 Å². The van der Waals surface area contributed by atoms with Crippen LogP contribution in [0.3, 0.4) is 0 Å². The molecule has 0 unspecified atom stereocenters. The topological polar surface area (TPSA) is 9.86 Å². The molecule has 0 fully saturated rings. The second-order valence-electron chi connectivity index (χ2n) is 12.9. The van der Waals surface area contributed by atoms with Crippen molar-refractivity contribution in [2.45, 2.75) is 0 Å². The van der Waals surface area contributed by atoms with Gasteiger partial charge in [0.25, 0.3) is 0 Å². The van der Waals surface area contributed by atoms with Crippen LogP contribution in [0.4, 0.5) is 0 Å². The van der Waals surface area contributed by atoms with E-state index in [0.717, 1.165) is 0 Å². The van der Waals surface area contributed by atoms with Gasteiger partial charge in [-0.15, -0.1) is 0 Å². The molecule has 0 aliphatic carbocycles. The third-order valence-electron chi connectivity index (χ3n) is 10.4. The van der Waals surface area contributed by atoms with Crippen LogP contribution in [0, 0.1) is 0 Å². The summed E-state index contributed by atoms with van der Waals surface area (Å²) in [6, 6.07) is 62.4. The fraction of sp³-hybridized carbons (Fsp3) is 0. The van der Waals surface area contributed by atoms with Crippen molar-refractivity contribution in [1.29, 1.82) is 0 Å². The lowest BCUT2D eigenvalue weighted by atomic mass is 9.89. The minimum Gasteiger partial charge on any atom is -0.309 e. The minimum atomic E-state index is 1.17. The van der Waals surface area contributed by atoms with E-state index in [1.807, 2.05) is 0 Å². The Morgan fingerprint density at radius 1 is 0.250 bits per heavy atom. The molecule has 2 nitrogen and oxygen atoms in total. The van der Waals surface area contributed by atoms with Crippen molar-refractivity contribution in [1.82, 2.24) is 9.13 Å². The third-order valence-corrected chi connectivity index (χ3v) is 10.4. The maximum atomic E-state index is 2.54. The number of aromatic nitrogens is 2. The molecule has 0 atom stereocenters. The van der Waals surface area contributed by atoms with Crippen LogP contribution in [0.25, 0.3) is 98.1 Å². The second-order valence-corrected chi connectivity index (χ2v) is 12.9. The fourth-order valence-electron chi connectivity index (χ4n) is 8.56. The largest absolute Gasteiger partial charge is 0.309 e. The van der Waals surface area contributed by atoms with E-state index in [9.17, 15) is 0 Å². The molecule has 2 heterocycles. The SMILES string of the molecule is c1ccc(-n2c3ccccc3c3cc(-n4c5ccccc5c5c6ccccc6c6c7ccccc7c7ccccc7c6c54)ccc32)cc1. The number of benzene rings is 9. The van der Waals surface area contributed by atoms with Crippen molar-refractivity contribution in [2.24, 2.45) is 0 Å². The zero-order valence-electron chi connectivity index (χ0n) is 26.1.